The Kier molecular flexibility index (Phi) is 6.66. The molecular weight excluding hydrogens is 554 g/mol. The van der Waals surface area contributed by atoms with Gasteiger partial charge in [-0.15, -0.1) is 0 Å². The van der Waals surface area contributed by atoms with Gasteiger partial charge in [0.1, 0.15) is 11.8 Å². The van der Waals surface area contributed by atoms with E-state index in [0.29, 0.717) is 26.3 Å². The Morgan fingerprint density at radius 3 is 2.41 bits per heavy atom. The van der Waals surface area contributed by atoms with Gasteiger partial charge in [0, 0.05) is 21.5 Å². The summed E-state index contributed by atoms with van der Waals surface area (Å²) >= 11 is 8.36. The Morgan fingerprint density at radius 2 is 1.69 bits per heavy atom. The molecule has 0 saturated carbocycles. The van der Waals surface area contributed by atoms with Gasteiger partial charge in [0.15, 0.2) is 0 Å². The molecular formula is C29H22ClN3O4S2. The second-order valence-corrected chi connectivity index (χ2v) is 12.0. The fraction of sp³-hybridized carbons (Fsp3) is 0.172. The Balaban J connectivity index is 1.41. The lowest BCUT2D eigenvalue weighted by molar-refractivity contribution is -0.122. The van der Waals surface area contributed by atoms with E-state index >= 15 is 0 Å². The molecule has 0 radical (unpaired) electrons. The lowest BCUT2D eigenvalue weighted by atomic mass is 9.83. The Bertz CT molecular complexity index is 1670. The Hall–Kier alpha value is -3.66. The predicted octanol–water partition coefficient (Wildman–Crippen LogP) is 5.31. The number of halogens is 1. The van der Waals surface area contributed by atoms with E-state index in [-0.39, 0.29) is 29.1 Å². The highest BCUT2D eigenvalue weighted by atomic mass is 35.5. The van der Waals surface area contributed by atoms with E-state index in [1.165, 1.54) is 21.2 Å². The summed E-state index contributed by atoms with van der Waals surface area (Å²) in [5.74, 6) is -2.23. The molecule has 0 unspecified atom stereocenters. The van der Waals surface area contributed by atoms with Crippen LogP contribution in [0.25, 0.3) is 0 Å². The maximum Gasteiger partial charge on any atom is 0.308 e. The maximum atomic E-state index is 13.8. The number of nitrogens with zero attached hydrogens (tertiary/aromatic N) is 2. The smallest absolute Gasteiger partial charge is 0.308 e. The first-order chi connectivity index (χ1) is 18.8. The summed E-state index contributed by atoms with van der Waals surface area (Å²) in [6, 6.07) is 23.4. The minimum Gasteiger partial charge on any atom is -0.325 e. The van der Waals surface area contributed by atoms with Crippen molar-refractivity contribution in [2.24, 2.45) is 5.92 Å². The van der Waals surface area contributed by atoms with Crippen LogP contribution in [0.5, 0.6) is 0 Å². The van der Waals surface area contributed by atoms with Gasteiger partial charge in [-0.25, -0.2) is 4.90 Å². The Morgan fingerprint density at radius 1 is 0.949 bits per heavy atom. The summed E-state index contributed by atoms with van der Waals surface area (Å²) in [6.07, 6.45) is 0. The lowest BCUT2D eigenvalue weighted by Gasteiger charge is -2.30. The van der Waals surface area contributed by atoms with Crippen molar-refractivity contribution in [1.82, 2.24) is 4.57 Å². The molecule has 1 N–H and O–H groups in total. The van der Waals surface area contributed by atoms with Gasteiger partial charge >= 0.3 is 4.87 Å². The molecule has 10 heteroatoms. The van der Waals surface area contributed by atoms with Crippen LogP contribution in [0, 0.1) is 12.8 Å². The number of amides is 3. The van der Waals surface area contributed by atoms with Crippen LogP contribution in [-0.2, 0) is 20.9 Å². The second-order valence-electron chi connectivity index (χ2n) is 9.48. The van der Waals surface area contributed by atoms with E-state index in [0.717, 1.165) is 22.5 Å². The van der Waals surface area contributed by atoms with Gasteiger partial charge in [0.05, 0.1) is 16.6 Å². The zero-order chi connectivity index (χ0) is 27.3. The van der Waals surface area contributed by atoms with Crippen LogP contribution in [0.15, 0.2) is 88.7 Å². The van der Waals surface area contributed by atoms with Crippen molar-refractivity contribution >= 4 is 63.8 Å². The van der Waals surface area contributed by atoms with Crippen molar-refractivity contribution in [2.75, 3.05) is 10.2 Å². The highest BCUT2D eigenvalue weighted by Gasteiger charge is 2.56. The van der Waals surface area contributed by atoms with Crippen molar-refractivity contribution in [3.63, 3.8) is 0 Å². The zero-order valence-electron chi connectivity index (χ0n) is 20.7. The van der Waals surface area contributed by atoms with Gasteiger partial charge in [-0.05, 0) is 54.4 Å². The van der Waals surface area contributed by atoms with E-state index in [4.69, 9.17) is 11.6 Å². The van der Waals surface area contributed by atoms with Crippen LogP contribution in [0.2, 0.25) is 5.02 Å². The summed E-state index contributed by atoms with van der Waals surface area (Å²) in [4.78, 5) is 55.4. The molecule has 3 aromatic carbocycles. The van der Waals surface area contributed by atoms with Crippen molar-refractivity contribution in [2.45, 2.75) is 29.7 Å². The fourth-order valence-corrected chi connectivity index (χ4v) is 8.08. The molecule has 196 valence electrons. The summed E-state index contributed by atoms with van der Waals surface area (Å²) in [5, 5.41) is 3.19. The number of thioether (sulfide) groups is 1. The highest BCUT2D eigenvalue weighted by molar-refractivity contribution is 8.00. The topological polar surface area (TPSA) is 88.5 Å². The number of aryl methyl sites for hydroxylation is 1. The van der Waals surface area contributed by atoms with E-state index in [2.05, 4.69) is 5.32 Å². The standard InChI is InChI=1S/C29H22ClN3O4S2/c1-16-6-5-7-19(14-16)31-21(34)15-32-28-25(39-29(32)37)22(17-10-12-18(30)13-11-17)23-24(38-28)27(36)33(26(23)35)20-8-3-2-4-9-20/h2-14,22-24H,15H2,1H3,(H,31,34)/t22-,23-,24+/m0/s1. The van der Waals surface area contributed by atoms with E-state index in [1.807, 2.05) is 43.3 Å². The fourth-order valence-electron chi connectivity index (χ4n) is 5.18. The molecule has 39 heavy (non-hydrogen) atoms. The average Bonchev–Trinajstić information content (AvgIpc) is 3.36. The van der Waals surface area contributed by atoms with Crippen LogP contribution in [0.1, 0.15) is 21.9 Å². The third-order valence-electron chi connectivity index (χ3n) is 6.90. The predicted molar refractivity (Wildman–Crippen MR) is 154 cm³/mol. The van der Waals surface area contributed by atoms with Gasteiger partial charge in [0.25, 0.3) is 0 Å². The van der Waals surface area contributed by atoms with Crippen LogP contribution >= 0.6 is 34.7 Å². The number of fused-ring (bicyclic) bond motifs is 2. The molecule has 2 aliphatic rings. The van der Waals surface area contributed by atoms with E-state index in [9.17, 15) is 19.2 Å². The molecule has 3 heterocycles. The number of aromatic nitrogens is 1. The number of anilines is 2. The number of nitrogens with one attached hydrogen (secondary N) is 1. The summed E-state index contributed by atoms with van der Waals surface area (Å²) in [7, 11) is 0. The molecule has 4 aromatic rings. The molecule has 0 bridgehead atoms. The van der Waals surface area contributed by atoms with Gasteiger partial charge in [-0.1, -0.05) is 77.2 Å². The number of rotatable bonds is 5. The van der Waals surface area contributed by atoms with Gasteiger partial charge in [0.2, 0.25) is 17.7 Å². The SMILES string of the molecule is Cc1cccc(NC(=O)Cn2c3c(sc2=O)[C@@H](c2ccc(Cl)cc2)[C@@H]2C(=O)N(c4ccccc4)C(=O)[C@@H]2S3)c1. The number of carbonyl (C=O) groups excluding carboxylic acids is 3. The molecule has 2 aliphatic heterocycles. The first-order valence-electron chi connectivity index (χ1n) is 12.3. The molecule has 0 aliphatic carbocycles. The first-order valence-corrected chi connectivity index (χ1v) is 14.3. The monoisotopic (exact) mass is 575 g/mol. The minimum atomic E-state index is -0.744. The van der Waals surface area contributed by atoms with E-state index in [1.54, 1.807) is 42.5 Å². The van der Waals surface area contributed by atoms with Gasteiger partial charge in [-0.2, -0.15) is 0 Å². The van der Waals surface area contributed by atoms with Crippen LogP contribution in [0.3, 0.4) is 0 Å². The molecule has 1 aromatic heterocycles. The number of hydrogen-bond donors (Lipinski definition) is 1. The van der Waals surface area contributed by atoms with Crippen molar-refractivity contribution < 1.29 is 14.4 Å². The molecule has 1 fully saturated rings. The minimum absolute atomic E-state index is 0.207. The number of imide groups is 1. The average molecular weight is 576 g/mol. The van der Waals surface area contributed by atoms with Crippen LogP contribution in [0.4, 0.5) is 11.4 Å². The highest BCUT2D eigenvalue weighted by Crippen LogP contribution is 2.53. The zero-order valence-corrected chi connectivity index (χ0v) is 23.1. The summed E-state index contributed by atoms with van der Waals surface area (Å²) < 4.78 is 1.41. The summed E-state index contributed by atoms with van der Waals surface area (Å²) in [6.45, 7) is 1.72. The van der Waals surface area contributed by atoms with Gasteiger partial charge in [-0.3, -0.25) is 23.7 Å². The molecule has 6 rings (SSSR count). The van der Waals surface area contributed by atoms with Crippen molar-refractivity contribution in [1.29, 1.82) is 0 Å². The van der Waals surface area contributed by atoms with Gasteiger partial charge < -0.3 is 5.32 Å². The summed E-state index contributed by atoms with van der Waals surface area (Å²) in [5.41, 5.74) is 2.93. The molecule has 7 nitrogen and oxygen atoms in total. The maximum absolute atomic E-state index is 13.8. The van der Waals surface area contributed by atoms with Crippen molar-refractivity contribution in [3.8, 4) is 0 Å². The molecule has 1 saturated heterocycles. The number of thiazole rings is 1. The molecule has 0 spiro atoms. The number of hydrogen-bond acceptors (Lipinski definition) is 6. The molecule has 3 amide bonds. The van der Waals surface area contributed by atoms with Crippen molar-refractivity contribution in [3.05, 3.63) is 110 Å². The lowest BCUT2D eigenvalue weighted by Crippen LogP contribution is -2.33. The second kappa shape index (κ2) is 10.1. The number of para-hydroxylation sites is 1. The third kappa shape index (κ3) is 4.60. The number of benzene rings is 3. The normalized spacial score (nSPS) is 20.1. The van der Waals surface area contributed by atoms with E-state index < -0.39 is 17.1 Å². The largest absolute Gasteiger partial charge is 0.325 e. The number of carbonyl (C=O) groups is 3. The first kappa shape index (κ1) is 25.6. The Labute approximate surface area is 237 Å². The molecule has 3 atom stereocenters. The quantitative estimate of drug-likeness (QED) is 0.326. The van der Waals surface area contributed by atoms with Crippen LogP contribution in [-0.4, -0.2) is 27.5 Å². The third-order valence-corrected chi connectivity index (χ3v) is 9.75. The van der Waals surface area contributed by atoms with Crippen LogP contribution < -0.4 is 15.1 Å².